The minimum absolute atomic E-state index is 0.331. The zero-order chi connectivity index (χ0) is 12.0. The highest BCUT2D eigenvalue weighted by atomic mass is 32.2. The van der Waals surface area contributed by atoms with Crippen LogP contribution in [-0.2, 0) is 9.84 Å². The fraction of sp³-hybridized carbons (Fsp3) is 1.00. The van der Waals surface area contributed by atoms with Crippen LogP contribution in [0.1, 0.15) is 26.7 Å². The van der Waals surface area contributed by atoms with Crippen molar-refractivity contribution in [1.29, 1.82) is 0 Å². The molecule has 0 aromatic heterocycles. The van der Waals surface area contributed by atoms with E-state index in [2.05, 4.69) is 24.1 Å². The molecule has 1 atom stereocenters. The van der Waals surface area contributed by atoms with Crippen molar-refractivity contribution >= 4 is 9.84 Å². The number of nitrogens with one attached hydrogen (secondary N) is 1. The van der Waals surface area contributed by atoms with Crippen LogP contribution >= 0.6 is 0 Å². The third kappa shape index (κ3) is 5.27. The summed E-state index contributed by atoms with van der Waals surface area (Å²) in [5.41, 5.74) is 0. The zero-order valence-corrected chi connectivity index (χ0v) is 11.2. The van der Waals surface area contributed by atoms with Gasteiger partial charge in [0.2, 0.25) is 0 Å². The topological polar surface area (TPSA) is 49.4 Å². The number of hydrogen-bond acceptors (Lipinski definition) is 4. The lowest BCUT2D eigenvalue weighted by atomic mass is 10.2. The summed E-state index contributed by atoms with van der Waals surface area (Å²) in [5.74, 6) is 0.662. The molecule has 1 fully saturated rings. The first-order valence-corrected chi connectivity index (χ1v) is 8.02. The predicted molar refractivity (Wildman–Crippen MR) is 67.5 cm³/mol. The van der Waals surface area contributed by atoms with Crippen LogP contribution in [0.2, 0.25) is 0 Å². The maximum absolute atomic E-state index is 11.2. The van der Waals surface area contributed by atoms with Crippen molar-refractivity contribution in [3.8, 4) is 0 Å². The van der Waals surface area contributed by atoms with Crippen LogP contribution in [0, 0.1) is 0 Å². The van der Waals surface area contributed by atoms with Crippen molar-refractivity contribution in [1.82, 2.24) is 10.2 Å². The van der Waals surface area contributed by atoms with Crippen LogP contribution < -0.4 is 5.32 Å². The SMILES string of the molecule is CCCC(C)NCCN1CCS(=O)(=O)CC1. The molecule has 0 aromatic carbocycles. The lowest BCUT2D eigenvalue weighted by Gasteiger charge is -2.27. The standard InChI is InChI=1S/C11H24N2O2S/c1-3-4-11(2)12-5-6-13-7-9-16(14,15)10-8-13/h11-12H,3-10H2,1-2H3. The van der Waals surface area contributed by atoms with Gasteiger partial charge in [-0.1, -0.05) is 13.3 Å². The molecular weight excluding hydrogens is 224 g/mol. The number of rotatable bonds is 6. The van der Waals surface area contributed by atoms with Crippen LogP contribution in [0.5, 0.6) is 0 Å². The Morgan fingerprint density at radius 3 is 2.50 bits per heavy atom. The zero-order valence-electron chi connectivity index (χ0n) is 10.4. The van der Waals surface area contributed by atoms with Gasteiger partial charge < -0.3 is 10.2 Å². The van der Waals surface area contributed by atoms with Crippen molar-refractivity contribution in [2.75, 3.05) is 37.7 Å². The molecule has 0 saturated carbocycles. The summed E-state index contributed by atoms with van der Waals surface area (Å²) in [7, 11) is -2.73. The van der Waals surface area contributed by atoms with Gasteiger partial charge in [-0.15, -0.1) is 0 Å². The summed E-state index contributed by atoms with van der Waals surface area (Å²) in [4.78, 5) is 2.23. The Hall–Kier alpha value is -0.130. The van der Waals surface area contributed by atoms with Gasteiger partial charge in [-0.25, -0.2) is 8.42 Å². The third-order valence-electron chi connectivity index (χ3n) is 3.08. The number of sulfone groups is 1. The van der Waals surface area contributed by atoms with Crippen molar-refractivity contribution in [2.45, 2.75) is 32.7 Å². The van der Waals surface area contributed by atoms with E-state index in [1.165, 1.54) is 12.8 Å². The van der Waals surface area contributed by atoms with E-state index in [9.17, 15) is 8.42 Å². The van der Waals surface area contributed by atoms with Gasteiger partial charge in [-0.05, 0) is 13.3 Å². The van der Waals surface area contributed by atoms with E-state index in [0.717, 1.165) is 13.1 Å². The Kier molecular flexibility index (Phi) is 5.72. The highest BCUT2D eigenvalue weighted by molar-refractivity contribution is 7.91. The second-order valence-corrected chi connectivity index (χ2v) is 6.94. The van der Waals surface area contributed by atoms with Crippen LogP contribution in [0.25, 0.3) is 0 Å². The molecule has 4 nitrogen and oxygen atoms in total. The summed E-state index contributed by atoms with van der Waals surface area (Å²) in [6, 6.07) is 0.568. The van der Waals surface area contributed by atoms with Gasteiger partial charge in [0.25, 0.3) is 0 Å². The average Bonchev–Trinajstić information content (AvgIpc) is 2.21. The predicted octanol–water partition coefficient (Wildman–Crippen LogP) is 0.495. The van der Waals surface area contributed by atoms with Crippen LogP contribution in [0.3, 0.4) is 0 Å². The van der Waals surface area contributed by atoms with Crippen molar-refractivity contribution in [2.24, 2.45) is 0 Å². The van der Waals surface area contributed by atoms with Crippen LogP contribution in [-0.4, -0.2) is 57.0 Å². The Labute approximate surface area is 99.3 Å². The van der Waals surface area contributed by atoms with Crippen molar-refractivity contribution in [3.05, 3.63) is 0 Å². The maximum Gasteiger partial charge on any atom is 0.152 e. The monoisotopic (exact) mass is 248 g/mol. The highest BCUT2D eigenvalue weighted by Gasteiger charge is 2.20. The second kappa shape index (κ2) is 6.57. The molecule has 1 unspecified atom stereocenters. The lowest BCUT2D eigenvalue weighted by molar-refractivity contribution is 0.288. The molecule has 5 heteroatoms. The first kappa shape index (κ1) is 13.9. The van der Waals surface area contributed by atoms with Crippen LogP contribution in [0.15, 0.2) is 0 Å². The molecule has 1 saturated heterocycles. The molecular formula is C11H24N2O2S. The molecule has 0 spiro atoms. The van der Waals surface area contributed by atoms with E-state index >= 15 is 0 Å². The van der Waals surface area contributed by atoms with E-state index in [1.54, 1.807) is 0 Å². The van der Waals surface area contributed by atoms with E-state index in [0.29, 0.717) is 30.6 Å². The molecule has 1 aliphatic rings. The van der Waals surface area contributed by atoms with E-state index in [-0.39, 0.29) is 0 Å². The summed E-state index contributed by atoms with van der Waals surface area (Å²) in [5, 5.41) is 3.46. The van der Waals surface area contributed by atoms with E-state index in [1.807, 2.05) is 0 Å². The van der Waals surface area contributed by atoms with Gasteiger partial charge in [0.05, 0.1) is 11.5 Å². The fourth-order valence-corrected chi connectivity index (χ4v) is 3.25. The summed E-state index contributed by atoms with van der Waals surface area (Å²) < 4.78 is 22.4. The summed E-state index contributed by atoms with van der Waals surface area (Å²) in [6.07, 6.45) is 2.41. The molecule has 96 valence electrons. The Balaban J connectivity index is 2.11. The van der Waals surface area contributed by atoms with Crippen LogP contribution in [0.4, 0.5) is 0 Å². The molecule has 0 radical (unpaired) electrons. The number of hydrogen-bond donors (Lipinski definition) is 1. The summed E-state index contributed by atoms with van der Waals surface area (Å²) >= 11 is 0. The third-order valence-corrected chi connectivity index (χ3v) is 4.69. The Bertz CT molecular complexity index is 276. The first-order chi connectivity index (χ1) is 7.53. The normalized spacial score (nSPS) is 23.1. The first-order valence-electron chi connectivity index (χ1n) is 6.19. The minimum Gasteiger partial charge on any atom is -0.313 e. The highest BCUT2D eigenvalue weighted by Crippen LogP contribution is 2.02. The van der Waals surface area contributed by atoms with Gasteiger partial charge in [0.1, 0.15) is 0 Å². The minimum atomic E-state index is -2.73. The molecule has 1 N–H and O–H groups in total. The number of nitrogens with zero attached hydrogens (tertiary/aromatic N) is 1. The smallest absolute Gasteiger partial charge is 0.152 e. The van der Waals surface area contributed by atoms with Gasteiger partial charge in [0.15, 0.2) is 9.84 Å². The molecule has 1 heterocycles. The summed E-state index contributed by atoms with van der Waals surface area (Å²) in [6.45, 7) is 7.71. The van der Waals surface area contributed by atoms with E-state index in [4.69, 9.17) is 0 Å². The van der Waals surface area contributed by atoms with Gasteiger partial charge in [-0.2, -0.15) is 0 Å². The molecule has 1 aliphatic heterocycles. The van der Waals surface area contributed by atoms with Gasteiger partial charge >= 0.3 is 0 Å². The van der Waals surface area contributed by atoms with Crippen molar-refractivity contribution in [3.63, 3.8) is 0 Å². The Morgan fingerprint density at radius 1 is 1.31 bits per heavy atom. The maximum atomic E-state index is 11.2. The molecule has 0 aromatic rings. The van der Waals surface area contributed by atoms with Gasteiger partial charge in [-0.3, -0.25) is 0 Å². The molecule has 0 bridgehead atoms. The Morgan fingerprint density at radius 2 is 1.94 bits per heavy atom. The van der Waals surface area contributed by atoms with Crippen molar-refractivity contribution < 1.29 is 8.42 Å². The van der Waals surface area contributed by atoms with Gasteiger partial charge in [0, 0.05) is 32.2 Å². The molecule has 1 rings (SSSR count). The molecule has 16 heavy (non-hydrogen) atoms. The quantitative estimate of drug-likeness (QED) is 0.743. The molecule has 0 aliphatic carbocycles. The second-order valence-electron chi connectivity index (χ2n) is 4.64. The largest absolute Gasteiger partial charge is 0.313 e. The lowest BCUT2D eigenvalue weighted by Crippen LogP contribution is -2.44. The van der Waals surface area contributed by atoms with E-state index < -0.39 is 9.84 Å². The average molecular weight is 248 g/mol. The molecule has 0 amide bonds. The fourth-order valence-electron chi connectivity index (χ4n) is 1.98.